The number of rotatable bonds is 5. The van der Waals surface area contributed by atoms with Gasteiger partial charge in [0.15, 0.2) is 11.7 Å². The number of anilines is 1. The summed E-state index contributed by atoms with van der Waals surface area (Å²) in [6.07, 6.45) is -0.953. The lowest BCUT2D eigenvalue weighted by Gasteiger charge is -2.08. The predicted molar refractivity (Wildman–Crippen MR) is 103 cm³/mol. The fraction of sp³-hybridized carbons (Fsp3) is 0.105. The largest absolute Gasteiger partial charge is 0.484 e. The van der Waals surface area contributed by atoms with Gasteiger partial charge in [0.05, 0.1) is 15.9 Å². The van der Waals surface area contributed by atoms with Gasteiger partial charge in [-0.2, -0.15) is 18.3 Å². The molecule has 0 radical (unpaired) electrons. The number of fused-ring (bicyclic) bond motifs is 1. The molecule has 0 spiro atoms. The number of amides is 1. The van der Waals surface area contributed by atoms with Gasteiger partial charge in [-0.3, -0.25) is 10.1 Å². The van der Waals surface area contributed by atoms with Gasteiger partial charge in [-0.05, 0) is 48.5 Å². The van der Waals surface area contributed by atoms with E-state index in [4.69, 9.17) is 4.74 Å². The summed E-state index contributed by atoms with van der Waals surface area (Å²) in [5.74, 6) is -0.254. The number of ether oxygens (including phenoxy) is 1. The molecule has 148 valence electrons. The molecular weight excluding hydrogens is 405 g/mol. The van der Waals surface area contributed by atoms with E-state index < -0.39 is 12.8 Å². The van der Waals surface area contributed by atoms with E-state index >= 15 is 0 Å². The average molecular weight is 418 g/mol. The molecule has 0 aliphatic carbocycles. The van der Waals surface area contributed by atoms with Crippen molar-refractivity contribution in [2.75, 3.05) is 11.9 Å². The van der Waals surface area contributed by atoms with E-state index in [2.05, 4.69) is 15.4 Å². The van der Waals surface area contributed by atoms with E-state index in [1.54, 1.807) is 53.5 Å². The minimum Gasteiger partial charge on any atom is -0.484 e. The summed E-state index contributed by atoms with van der Waals surface area (Å²) in [5, 5.41) is 7.17. The zero-order valence-corrected chi connectivity index (χ0v) is 15.5. The number of hydrogen-bond donors (Lipinski definition) is 1. The maximum atomic E-state index is 12.5. The summed E-state index contributed by atoms with van der Waals surface area (Å²) >= 11 is 1.15. The van der Waals surface area contributed by atoms with Gasteiger partial charge >= 0.3 is 6.18 Å². The van der Waals surface area contributed by atoms with Crippen molar-refractivity contribution in [2.45, 2.75) is 6.18 Å². The zero-order valence-electron chi connectivity index (χ0n) is 14.7. The fourth-order valence-corrected chi connectivity index (χ4v) is 3.46. The lowest BCUT2D eigenvalue weighted by atomic mass is 10.2. The first kappa shape index (κ1) is 18.9. The van der Waals surface area contributed by atoms with Gasteiger partial charge in [0.25, 0.3) is 5.91 Å². The molecule has 2 aromatic carbocycles. The van der Waals surface area contributed by atoms with Crippen molar-refractivity contribution < 1.29 is 22.7 Å². The van der Waals surface area contributed by atoms with Crippen molar-refractivity contribution in [2.24, 2.45) is 0 Å². The number of alkyl halides is 3. The Bertz CT molecular complexity index is 1140. The number of nitrogens with one attached hydrogen (secondary N) is 1. The lowest BCUT2D eigenvalue weighted by Crippen LogP contribution is -2.19. The molecule has 0 saturated carbocycles. The van der Waals surface area contributed by atoms with E-state index in [9.17, 15) is 18.0 Å². The highest BCUT2D eigenvalue weighted by atomic mass is 32.1. The zero-order chi connectivity index (χ0) is 20.4. The second-order valence-corrected chi connectivity index (χ2v) is 7.03. The molecule has 10 heteroatoms. The third-order valence-corrected chi connectivity index (χ3v) is 4.81. The maximum absolute atomic E-state index is 12.5. The molecule has 2 heterocycles. The number of carbonyl (C=O) groups is 1. The van der Waals surface area contributed by atoms with Crippen molar-refractivity contribution in [1.82, 2.24) is 14.8 Å². The van der Waals surface area contributed by atoms with Gasteiger partial charge in [-0.25, -0.2) is 9.67 Å². The number of hydrogen-bond acceptors (Lipinski definition) is 5. The number of thiazole rings is 1. The summed E-state index contributed by atoms with van der Waals surface area (Å²) in [6.45, 7) is -1.37. The van der Waals surface area contributed by atoms with Crippen LogP contribution < -0.4 is 10.1 Å². The van der Waals surface area contributed by atoms with Gasteiger partial charge in [0.1, 0.15) is 5.75 Å². The SMILES string of the molecule is O=C(Nc1nc2ccc(OCC(F)(F)F)cc2s1)c1ccc(-n2cccn2)cc1. The van der Waals surface area contributed by atoms with E-state index in [1.165, 1.54) is 12.1 Å². The van der Waals surface area contributed by atoms with Crippen LogP contribution in [0.1, 0.15) is 10.4 Å². The summed E-state index contributed by atoms with van der Waals surface area (Å²) in [5.41, 5.74) is 1.81. The quantitative estimate of drug-likeness (QED) is 0.511. The first-order chi connectivity index (χ1) is 13.9. The fourth-order valence-electron chi connectivity index (χ4n) is 2.57. The van der Waals surface area contributed by atoms with Crippen LogP contribution >= 0.6 is 11.3 Å². The topological polar surface area (TPSA) is 69.0 Å². The molecule has 6 nitrogen and oxygen atoms in total. The summed E-state index contributed by atoms with van der Waals surface area (Å²) in [7, 11) is 0. The van der Waals surface area contributed by atoms with Crippen LogP contribution in [0.2, 0.25) is 0 Å². The molecule has 4 rings (SSSR count). The van der Waals surface area contributed by atoms with E-state index in [-0.39, 0.29) is 11.7 Å². The van der Waals surface area contributed by atoms with Gasteiger partial charge in [-0.1, -0.05) is 11.3 Å². The van der Waals surface area contributed by atoms with E-state index in [0.29, 0.717) is 20.9 Å². The third-order valence-electron chi connectivity index (χ3n) is 3.88. The Balaban J connectivity index is 1.46. The Morgan fingerprint density at radius 2 is 1.97 bits per heavy atom. The summed E-state index contributed by atoms with van der Waals surface area (Å²) in [6, 6.07) is 13.1. The van der Waals surface area contributed by atoms with Gasteiger partial charge in [0.2, 0.25) is 0 Å². The third kappa shape index (κ3) is 4.54. The van der Waals surface area contributed by atoms with Crippen LogP contribution in [0, 0.1) is 0 Å². The van der Waals surface area contributed by atoms with Crippen LogP contribution in [-0.4, -0.2) is 33.5 Å². The number of nitrogens with zero attached hydrogens (tertiary/aromatic N) is 3. The van der Waals surface area contributed by atoms with Crippen LogP contribution in [0.4, 0.5) is 18.3 Å². The first-order valence-electron chi connectivity index (χ1n) is 8.39. The van der Waals surface area contributed by atoms with Crippen LogP contribution in [0.25, 0.3) is 15.9 Å². The maximum Gasteiger partial charge on any atom is 0.422 e. The van der Waals surface area contributed by atoms with Crippen molar-refractivity contribution in [3.8, 4) is 11.4 Å². The normalized spacial score (nSPS) is 11.6. The molecule has 0 unspecified atom stereocenters. The van der Waals surface area contributed by atoms with Crippen molar-refractivity contribution >= 4 is 32.6 Å². The van der Waals surface area contributed by atoms with Crippen LogP contribution in [0.5, 0.6) is 5.75 Å². The molecule has 0 saturated heterocycles. The van der Waals surface area contributed by atoms with Crippen LogP contribution in [0.15, 0.2) is 60.9 Å². The lowest BCUT2D eigenvalue weighted by molar-refractivity contribution is -0.153. The number of benzene rings is 2. The summed E-state index contributed by atoms with van der Waals surface area (Å²) in [4.78, 5) is 16.7. The van der Waals surface area contributed by atoms with Gasteiger partial charge in [-0.15, -0.1) is 0 Å². The molecule has 4 aromatic rings. The van der Waals surface area contributed by atoms with E-state index in [1.807, 2.05) is 0 Å². The predicted octanol–water partition coefficient (Wildman–Crippen LogP) is 4.68. The van der Waals surface area contributed by atoms with Crippen molar-refractivity contribution in [3.05, 3.63) is 66.5 Å². The molecule has 29 heavy (non-hydrogen) atoms. The minimum atomic E-state index is -4.41. The highest BCUT2D eigenvalue weighted by molar-refractivity contribution is 7.22. The molecule has 0 aliphatic rings. The first-order valence-corrected chi connectivity index (χ1v) is 9.21. The van der Waals surface area contributed by atoms with Crippen LogP contribution in [0.3, 0.4) is 0 Å². The molecule has 1 N–H and O–H groups in total. The second-order valence-electron chi connectivity index (χ2n) is 6.00. The molecular formula is C19H13F3N4O2S. The molecule has 0 bridgehead atoms. The Hall–Kier alpha value is -3.40. The van der Waals surface area contributed by atoms with Crippen molar-refractivity contribution in [1.29, 1.82) is 0 Å². The smallest absolute Gasteiger partial charge is 0.422 e. The Labute approximate surface area is 166 Å². The number of carbonyl (C=O) groups excluding carboxylic acids is 1. The Morgan fingerprint density at radius 3 is 2.66 bits per heavy atom. The number of aromatic nitrogens is 3. The van der Waals surface area contributed by atoms with E-state index in [0.717, 1.165) is 17.0 Å². The standard InChI is InChI=1S/C19H13F3N4O2S/c20-19(21,22)11-28-14-6-7-15-16(10-14)29-18(24-15)25-17(27)12-2-4-13(5-3-12)26-9-1-8-23-26/h1-10H,11H2,(H,24,25,27). The summed E-state index contributed by atoms with van der Waals surface area (Å²) < 4.78 is 43.9. The Morgan fingerprint density at radius 1 is 1.17 bits per heavy atom. The number of halogens is 3. The molecule has 0 atom stereocenters. The molecule has 0 fully saturated rings. The average Bonchev–Trinajstić information content (AvgIpc) is 3.35. The molecule has 2 aromatic heterocycles. The van der Waals surface area contributed by atoms with Gasteiger partial charge < -0.3 is 4.74 Å². The monoisotopic (exact) mass is 418 g/mol. The highest BCUT2D eigenvalue weighted by Gasteiger charge is 2.28. The highest BCUT2D eigenvalue weighted by Crippen LogP contribution is 2.30. The van der Waals surface area contributed by atoms with Crippen LogP contribution in [-0.2, 0) is 0 Å². The van der Waals surface area contributed by atoms with Crippen molar-refractivity contribution in [3.63, 3.8) is 0 Å². The molecule has 1 amide bonds. The Kier molecular flexibility index (Phi) is 4.93. The second kappa shape index (κ2) is 7.55. The molecule has 0 aliphatic heterocycles. The minimum absolute atomic E-state index is 0.0885. The van der Waals surface area contributed by atoms with Gasteiger partial charge in [0, 0.05) is 18.0 Å².